The first kappa shape index (κ1) is 13.6. The van der Waals surface area contributed by atoms with Crippen LogP contribution in [0.1, 0.15) is 18.4 Å². The van der Waals surface area contributed by atoms with Crippen molar-refractivity contribution in [1.29, 1.82) is 0 Å². The highest BCUT2D eigenvalue weighted by Crippen LogP contribution is 2.22. The van der Waals surface area contributed by atoms with E-state index < -0.39 is 0 Å². The second-order valence-electron chi connectivity index (χ2n) is 5.98. The molecule has 0 bridgehead atoms. The van der Waals surface area contributed by atoms with Crippen LogP contribution in [0.3, 0.4) is 0 Å². The lowest BCUT2D eigenvalue weighted by atomic mass is 9.99. The number of hydrogen-bond acceptors (Lipinski definition) is 3. The minimum absolute atomic E-state index is 0.164. The van der Waals surface area contributed by atoms with Gasteiger partial charge in [0.25, 0.3) is 0 Å². The Kier molecular flexibility index (Phi) is 4.03. The maximum absolute atomic E-state index is 12.3. The van der Waals surface area contributed by atoms with Crippen LogP contribution < -0.4 is 5.32 Å². The molecule has 1 aromatic carbocycles. The summed E-state index contributed by atoms with van der Waals surface area (Å²) in [4.78, 5) is 14.3. The molecule has 0 aromatic heterocycles. The van der Waals surface area contributed by atoms with Crippen LogP contribution >= 0.6 is 0 Å². The molecule has 4 heteroatoms. The summed E-state index contributed by atoms with van der Waals surface area (Å²) in [5.74, 6) is 0.727. The highest BCUT2D eigenvalue weighted by Gasteiger charge is 2.34. The Labute approximate surface area is 119 Å². The van der Waals surface area contributed by atoms with Gasteiger partial charge in [-0.25, -0.2) is 0 Å². The van der Waals surface area contributed by atoms with Gasteiger partial charge in [0.15, 0.2) is 0 Å². The van der Waals surface area contributed by atoms with Crippen molar-refractivity contribution in [3.8, 4) is 0 Å². The van der Waals surface area contributed by atoms with Gasteiger partial charge in [0.1, 0.15) is 0 Å². The maximum Gasteiger partial charge on any atom is 0.239 e. The summed E-state index contributed by atoms with van der Waals surface area (Å²) in [7, 11) is 0. The number of amides is 1. The lowest BCUT2D eigenvalue weighted by Gasteiger charge is -2.20. The normalized spacial score (nSPS) is 29.9. The molecule has 4 nitrogen and oxygen atoms in total. The Balaban J connectivity index is 1.53. The van der Waals surface area contributed by atoms with Gasteiger partial charge in [-0.15, -0.1) is 0 Å². The molecule has 108 valence electrons. The molecule has 0 saturated carbocycles. The van der Waals surface area contributed by atoms with E-state index in [4.69, 9.17) is 0 Å². The number of aliphatic hydroxyl groups excluding tert-OH is 1. The number of aliphatic hydroxyl groups is 1. The standard InChI is InChI=1S/C16H22N2O2/c19-14-9-15(17-10-14)16(20)18-7-6-13(11-18)8-12-4-2-1-3-5-12/h1-5,13-15,17,19H,6-11H2/t13-,14-,15-/m0/s1. The number of β-amino-alcohol motifs (C(OH)–C–C–N with tert-alkyl or cyclic N) is 1. The van der Waals surface area contributed by atoms with Crippen LogP contribution in [0.2, 0.25) is 0 Å². The molecule has 2 aliphatic heterocycles. The van der Waals surface area contributed by atoms with E-state index >= 15 is 0 Å². The highest BCUT2D eigenvalue weighted by molar-refractivity contribution is 5.82. The van der Waals surface area contributed by atoms with Crippen LogP contribution in [0, 0.1) is 5.92 Å². The van der Waals surface area contributed by atoms with Crippen LogP contribution in [0.25, 0.3) is 0 Å². The number of carbonyl (C=O) groups is 1. The van der Waals surface area contributed by atoms with E-state index in [1.54, 1.807) is 0 Å². The number of nitrogens with one attached hydrogen (secondary N) is 1. The molecule has 0 unspecified atom stereocenters. The molecule has 2 heterocycles. The van der Waals surface area contributed by atoms with Crippen LogP contribution in [0.4, 0.5) is 0 Å². The fourth-order valence-electron chi connectivity index (χ4n) is 3.27. The van der Waals surface area contributed by atoms with E-state index in [1.807, 2.05) is 11.0 Å². The first-order chi connectivity index (χ1) is 9.72. The minimum atomic E-state index is -0.369. The maximum atomic E-state index is 12.3. The van der Waals surface area contributed by atoms with Crippen LogP contribution in [-0.2, 0) is 11.2 Å². The summed E-state index contributed by atoms with van der Waals surface area (Å²) >= 11 is 0. The topological polar surface area (TPSA) is 52.6 Å². The predicted molar refractivity (Wildman–Crippen MR) is 77.2 cm³/mol. The number of rotatable bonds is 3. The first-order valence-corrected chi connectivity index (χ1v) is 7.46. The van der Waals surface area contributed by atoms with Crippen molar-refractivity contribution in [2.75, 3.05) is 19.6 Å². The molecule has 3 atom stereocenters. The van der Waals surface area contributed by atoms with Crippen molar-refractivity contribution < 1.29 is 9.90 Å². The Morgan fingerprint density at radius 2 is 2.15 bits per heavy atom. The number of likely N-dealkylation sites (tertiary alicyclic amines) is 1. The second-order valence-corrected chi connectivity index (χ2v) is 5.98. The van der Waals surface area contributed by atoms with Gasteiger partial charge in [0.2, 0.25) is 5.91 Å². The van der Waals surface area contributed by atoms with Gasteiger partial charge in [-0.05, 0) is 30.7 Å². The molecular formula is C16H22N2O2. The van der Waals surface area contributed by atoms with Crippen LogP contribution in [-0.4, -0.2) is 47.7 Å². The summed E-state index contributed by atoms with van der Waals surface area (Å²) in [6, 6.07) is 10.3. The monoisotopic (exact) mass is 274 g/mol. The fourth-order valence-corrected chi connectivity index (χ4v) is 3.27. The highest BCUT2D eigenvalue weighted by atomic mass is 16.3. The average molecular weight is 274 g/mol. The smallest absolute Gasteiger partial charge is 0.239 e. The second kappa shape index (κ2) is 5.94. The van der Waals surface area contributed by atoms with Crippen LogP contribution in [0.15, 0.2) is 30.3 Å². The van der Waals surface area contributed by atoms with Gasteiger partial charge < -0.3 is 15.3 Å². The third-order valence-electron chi connectivity index (χ3n) is 4.37. The van der Waals surface area contributed by atoms with Gasteiger partial charge in [-0.1, -0.05) is 30.3 Å². The Morgan fingerprint density at radius 3 is 2.85 bits per heavy atom. The Morgan fingerprint density at radius 1 is 1.35 bits per heavy atom. The fraction of sp³-hybridized carbons (Fsp3) is 0.562. The van der Waals surface area contributed by atoms with Gasteiger partial charge in [-0.3, -0.25) is 4.79 Å². The number of hydrogen-bond donors (Lipinski definition) is 2. The van der Waals surface area contributed by atoms with E-state index in [0.717, 1.165) is 25.9 Å². The van der Waals surface area contributed by atoms with Crippen LogP contribution in [0.5, 0.6) is 0 Å². The molecule has 2 saturated heterocycles. The Bertz CT molecular complexity index is 463. The number of benzene rings is 1. The molecule has 2 aliphatic rings. The molecule has 1 aromatic rings. The average Bonchev–Trinajstić information content (AvgIpc) is 3.08. The van der Waals surface area contributed by atoms with Crippen molar-refractivity contribution in [2.24, 2.45) is 5.92 Å². The van der Waals surface area contributed by atoms with Crippen molar-refractivity contribution in [3.05, 3.63) is 35.9 Å². The summed E-state index contributed by atoms with van der Waals surface area (Å²) in [5, 5.41) is 12.6. The zero-order valence-electron chi connectivity index (χ0n) is 11.7. The predicted octanol–water partition coefficient (Wildman–Crippen LogP) is 0.800. The van der Waals surface area contributed by atoms with E-state index in [1.165, 1.54) is 5.56 Å². The molecular weight excluding hydrogens is 252 g/mol. The lowest BCUT2D eigenvalue weighted by Crippen LogP contribution is -2.42. The SMILES string of the molecule is O=C([C@@H]1C[C@H](O)CN1)N1CC[C@@H](Cc2ccccc2)C1. The summed E-state index contributed by atoms with van der Waals surface area (Å²) in [6.07, 6.45) is 2.31. The van der Waals surface area contributed by atoms with Gasteiger partial charge in [0.05, 0.1) is 12.1 Å². The summed E-state index contributed by atoms with van der Waals surface area (Å²) in [6.45, 7) is 2.24. The van der Waals surface area contributed by atoms with E-state index in [9.17, 15) is 9.90 Å². The van der Waals surface area contributed by atoms with Crippen molar-refractivity contribution in [3.63, 3.8) is 0 Å². The van der Waals surface area contributed by atoms with Crippen molar-refractivity contribution >= 4 is 5.91 Å². The Hall–Kier alpha value is -1.39. The van der Waals surface area contributed by atoms with E-state index in [2.05, 4.69) is 29.6 Å². The zero-order valence-corrected chi connectivity index (χ0v) is 11.7. The van der Waals surface area contributed by atoms with E-state index in [-0.39, 0.29) is 18.1 Å². The molecule has 2 N–H and O–H groups in total. The zero-order chi connectivity index (χ0) is 13.9. The molecule has 3 rings (SSSR count). The third kappa shape index (κ3) is 3.02. The molecule has 2 fully saturated rings. The summed E-state index contributed by atoms with van der Waals surface area (Å²) < 4.78 is 0. The van der Waals surface area contributed by atoms with Crippen molar-refractivity contribution in [1.82, 2.24) is 10.2 Å². The number of nitrogens with zero attached hydrogens (tertiary/aromatic N) is 1. The molecule has 0 radical (unpaired) electrons. The van der Waals surface area contributed by atoms with E-state index in [0.29, 0.717) is 18.9 Å². The van der Waals surface area contributed by atoms with Gasteiger partial charge >= 0.3 is 0 Å². The van der Waals surface area contributed by atoms with Gasteiger partial charge in [0, 0.05) is 19.6 Å². The lowest BCUT2D eigenvalue weighted by molar-refractivity contribution is -0.132. The molecule has 1 amide bonds. The molecule has 0 aliphatic carbocycles. The minimum Gasteiger partial charge on any atom is -0.392 e. The van der Waals surface area contributed by atoms with Crippen molar-refractivity contribution in [2.45, 2.75) is 31.4 Å². The molecule has 20 heavy (non-hydrogen) atoms. The third-order valence-corrected chi connectivity index (χ3v) is 4.37. The number of carbonyl (C=O) groups excluding carboxylic acids is 1. The molecule has 0 spiro atoms. The quantitative estimate of drug-likeness (QED) is 0.857. The van der Waals surface area contributed by atoms with Gasteiger partial charge in [-0.2, -0.15) is 0 Å². The largest absolute Gasteiger partial charge is 0.392 e. The summed E-state index contributed by atoms with van der Waals surface area (Å²) in [5.41, 5.74) is 1.35. The first-order valence-electron chi connectivity index (χ1n) is 7.46.